The van der Waals surface area contributed by atoms with Crippen LogP contribution in [0.5, 0.6) is 0 Å². The van der Waals surface area contributed by atoms with Gasteiger partial charge in [-0.1, -0.05) is 55.5 Å². The molecule has 2 aromatic heterocycles. The highest BCUT2D eigenvalue weighted by Crippen LogP contribution is 2.32. The monoisotopic (exact) mass is 398 g/mol. The normalized spacial score (nSPS) is 11.9. The molecule has 2 aromatic carbocycles. The maximum Gasteiger partial charge on any atom is 0.254 e. The second-order valence-electron chi connectivity index (χ2n) is 7.05. The summed E-state index contributed by atoms with van der Waals surface area (Å²) < 4.78 is 0. The van der Waals surface area contributed by atoms with E-state index in [-0.39, 0.29) is 17.5 Å². The van der Waals surface area contributed by atoms with Crippen molar-refractivity contribution in [3.8, 4) is 11.3 Å². The fourth-order valence-electron chi connectivity index (χ4n) is 3.62. The number of nitrogen functional groups attached to an aromatic ring is 1. The standard InChI is InChI=1S/C24H22N4O2/c1-2-18(16-12-13-26-20(29)14-16)28-24(30)21-17-10-6-7-11-19(17)27-23(22(21)25)15-8-4-3-5-9-15/h3-14,18H,2,25H2,1H3,(H,26,29)(H,28,30). The fraction of sp³-hybridized carbons (Fsp3) is 0.125. The molecule has 30 heavy (non-hydrogen) atoms. The van der Waals surface area contributed by atoms with E-state index in [0.717, 1.165) is 11.1 Å². The molecule has 0 saturated carbocycles. The summed E-state index contributed by atoms with van der Waals surface area (Å²) >= 11 is 0. The van der Waals surface area contributed by atoms with E-state index in [1.807, 2.05) is 61.5 Å². The number of H-pyrrole nitrogens is 1. The van der Waals surface area contributed by atoms with E-state index in [2.05, 4.69) is 10.3 Å². The van der Waals surface area contributed by atoms with Crippen LogP contribution in [0.2, 0.25) is 0 Å². The largest absolute Gasteiger partial charge is 0.396 e. The molecule has 0 aliphatic rings. The van der Waals surface area contributed by atoms with Crippen LogP contribution in [0.15, 0.2) is 77.7 Å². The Kier molecular flexibility index (Phi) is 5.30. The van der Waals surface area contributed by atoms with E-state index in [1.54, 1.807) is 12.3 Å². The summed E-state index contributed by atoms with van der Waals surface area (Å²) in [6.07, 6.45) is 2.21. The molecule has 0 radical (unpaired) electrons. The first-order valence-corrected chi connectivity index (χ1v) is 9.81. The molecule has 1 amide bonds. The minimum atomic E-state index is -0.314. The van der Waals surface area contributed by atoms with E-state index < -0.39 is 0 Å². The summed E-state index contributed by atoms with van der Waals surface area (Å²) in [5, 5.41) is 3.73. The first-order chi connectivity index (χ1) is 14.6. The van der Waals surface area contributed by atoms with Gasteiger partial charge in [0.25, 0.3) is 5.91 Å². The van der Waals surface area contributed by atoms with Crippen LogP contribution in [0.4, 0.5) is 5.69 Å². The molecule has 6 heteroatoms. The summed E-state index contributed by atoms with van der Waals surface area (Å²) in [5.41, 5.74) is 9.86. The molecule has 6 nitrogen and oxygen atoms in total. The van der Waals surface area contributed by atoms with Crippen LogP contribution in [0, 0.1) is 0 Å². The second-order valence-corrected chi connectivity index (χ2v) is 7.05. The van der Waals surface area contributed by atoms with Crippen LogP contribution in [-0.2, 0) is 0 Å². The SMILES string of the molecule is CCC(NC(=O)c1c(N)c(-c2ccccc2)nc2ccccc12)c1cc[nH]c(=O)c1. The fourth-order valence-corrected chi connectivity index (χ4v) is 3.62. The van der Waals surface area contributed by atoms with E-state index in [9.17, 15) is 9.59 Å². The summed E-state index contributed by atoms with van der Waals surface area (Å²) in [4.78, 5) is 32.4. The number of benzene rings is 2. The van der Waals surface area contributed by atoms with E-state index >= 15 is 0 Å². The first kappa shape index (κ1) is 19.4. The number of hydrogen-bond acceptors (Lipinski definition) is 4. The van der Waals surface area contributed by atoms with Crippen LogP contribution in [-0.4, -0.2) is 15.9 Å². The second kappa shape index (κ2) is 8.21. The van der Waals surface area contributed by atoms with Crippen molar-refractivity contribution in [2.45, 2.75) is 19.4 Å². The molecule has 0 bridgehead atoms. The Bertz CT molecular complexity index is 1270. The number of nitrogens with two attached hydrogens (primary N) is 1. The molecule has 0 aliphatic heterocycles. The van der Waals surface area contributed by atoms with Crippen LogP contribution in [0.3, 0.4) is 0 Å². The van der Waals surface area contributed by atoms with Crippen LogP contribution >= 0.6 is 0 Å². The third-order valence-corrected chi connectivity index (χ3v) is 5.12. The van der Waals surface area contributed by atoms with Crippen LogP contribution < -0.4 is 16.6 Å². The van der Waals surface area contributed by atoms with Gasteiger partial charge in [0.15, 0.2) is 0 Å². The lowest BCUT2D eigenvalue weighted by molar-refractivity contribution is 0.0938. The predicted molar refractivity (Wildman–Crippen MR) is 119 cm³/mol. The van der Waals surface area contributed by atoms with E-state index in [0.29, 0.717) is 34.3 Å². The van der Waals surface area contributed by atoms with Crippen LogP contribution in [0.25, 0.3) is 22.2 Å². The van der Waals surface area contributed by atoms with Crippen molar-refractivity contribution in [3.05, 3.63) is 94.4 Å². The van der Waals surface area contributed by atoms with Gasteiger partial charge < -0.3 is 16.0 Å². The van der Waals surface area contributed by atoms with Crippen molar-refractivity contribution in [1.29, 1.82) is 0 Å². The number of pyridine rings is 2. The number of anilines is 1. The molecule has 4 rings (SSSR count). The zero-order chi connectivity index (χ0) is 21.1. The molecular formula is C24H22N4O2. The van der Waals surface area contributed by atoms with Crippen molar-refractivity contribution in [3.63, 3.8) is 0 Å². The average Bonchev–Trinajstić information content (AvgIpc) is 2.77. The molecule has 4 N–H and O–H groups in total. The molecular weight excluding hydrogens is 376 g/mol. The Morgan fingerprint density at radius 1 is 1.10 bits per heavy atom. The van der Waals surface area contributed by atoms with Crippen molar-refractivity contribution < 1.29 is 4.79 Å². The highest BCUT2D eigenvalue weighted by atomic mass is 16.1. The third-order valence-electron chi connectivity index (χ3n) is 5.12. The minimum absolute atomic E-state index is 0.208. The number of hydrogen-bond donors (Lipinski definition) is 3. The van der Waals surface area contributed by atoms with Crippen molar-refractivity contribution in [1.82, 2.24) is 15.3 Å². The Labute approximate surface area is 173 Å². The minimum Gasteiger partial charge on any atom is -0.396 e. The number of fused-ring (bicyclic) bond motifs is 1. The van der Waals surface area contributed by atoms with Crippen molar-refractivity contribution in [2.75, 3.05) is 5.73 Å². The molecule has 0 spiro atoms. The molecule has 4 aromatic rings. The lowest BCUT2D eigenvalue weighted by atomic mass is 9.99. The lowest BCUT2D eigenvalue weighted by Gasteiger charge is -2.20. The summed E-state index contributed by atoms with van der Waals surface area (Å²) in [6.45, 7) is 1.95. The quantitative estimate of drug-likeness (QED) is 0.472. The Hall–Kier alpha value is -3.93. The van der Waals surface area contributed by atoms with Gasteiger partial charge in [0.2, 0.25) is 5.56 Å². The molecule has 2 heterocycles. The van der Waals surface area contributed by atoms with Gasteiger partial charge in [-0.25, -0.2) is 4.98 Å². The topological polar surface area (TPSA) is 101 Å². The number of aromatic amines is 1. The maximum atomic E-state index is 13.4. The molecule has 1 unspecified atom stereocenters. The number of carbonyl (C=O) groups excluding carboxylic acids is 1. The zero-order valence-electron chi connectivity index (χ0n) is 16.6. The number of nitrogens with zero attached hydrogens (tertiary/aromatic N) is 1. The van der Waals surface area contributed by atoms with Gasteiger partial charge in [-0.2, -0.15) is 0 Å². The highest BCUT2D eigenvalue weighted by Gasteiger charge is 2.22. The van der Waals surface area contributed by atoms with Gasteiger partial charge in [0.1, 0.15) is 0 Å². The van der Waals surface area contributed by atoms with Crippen LogP contribution in [0.1, 0.15) is 35.3 Å². The number of nitrogens with one attached hydrogen (secondary N) is 2. The Morgan fingerprint density at radius 2 is 1.83 bits per heavy atom. The smallest absolute Gasteiger partial charge is 0.254 e. The lowest BCUT2D eigenvalue weighted by Crippen LogP contribution is -2.30. The predicted octanol–water partition coefficient (Wildman–Crippen LogP) is 4.05. The average molecular weight is 398 g/mol. The number of para-hydroxylation sites is 1. The number of amides is 1. The zero-order valence-corrected chi connectivity index (χ0v) is 16.6. The van der Waals surface area contributed by atoms with Gasteiger partial charge in [-0.05, 0) is 24.1 Å². The van der Waals surface area contributed by atoms with Crippen molar-refractivity contribution >= 4 is 22.5 Å². The highest BCUT2D eigenvalue weighted by molar-refractivity contribution is 6.12. The van der Waals surface area contributed by atoms with Gasteiger partial charge in [-0.3, -0.25) is 9.59 Å². The maximum absolute atomic E-state index is 13.4. The summed E-state index contributed by atoms with van der Waals surface area (Å²) in [5.74, 6) is -0.296. The molecule has 0 aliphatic carbocycles. The summed E-state index contributed by atoms with van der Waals surface area (Å²) in [7, 11) is 0. The Morgan fingerprint density at radius 3 is 2.57 bits per heavy atom. The van der Waals surface area contributed by atoms with E-state index in [4.69, 9.17) is 10.7 Å². The third kappa shape index (κ3) is 3.67. The summed E-state index contributed by atoms with van der Waals surface area (Å²) in [6, 6.07) is 20.0. The number of aromatic nitrogens is 2. The van der Waals surface area contributed by atoms with E-state index in [1.165, 1.54) is 6.07 Å². The van der Waals surface area contributed by atoms with Gasteiger partial charge in [0, 0.05) is 23.2 Å². The number of carbonyl (C=O) groups is 1. The van der Waals surface area contributed by atoms with Gasteiger partial charge in [-0.15, -0.1) is 0 Å². The first-order valence-electron chi connectivity index (χ1n) is 9.81. The molecule has 0 fully saturated rings. The molecule has 1 atom stereocenters. The van der Waals surface area contributed by atoms with Gasteiger partial charge >= 0.3 is 0 Å². The number of rotatable bonds is 5. The van der Waals surface area contributed by atoms with Crippen molar-refractivity contribution in [2.24, 2.45) is 0 Å². The Balaban J connectivity index is 1.82. The van der Waals surface area contributed by atoms with Gasteiger partial charge in [0.05, 0.1) is 28.5 Å². The molecule has 150 valence electrons. The molecule has 0 saturated heterocycles.